The van der Waals surface area contributed by atoms with Gasteiger partial charge in [0.1, 0.15) is 6.04 Å². The van der Waals surface area contributed by atoms with E-state index in [1.807, 2.05) is 48.7 Å². The lowest BCUT2D eigenvalue weighted by Crippen LogP contribution is -2.48. The van der Waals surface area contributed by atoms with Crippen LogP contribution in [0.15, 0.2) is 59.1 Å². The van der Waals surface area contributed by atoms with Crippen LogP contribution in [-0.4, -0.2) is 36.9 Å². The lowest BCUT2D eigenvalue weighted by molar-refractivity contribution is -0.120. The molecule has 0 saturated carbocycles. The molecule has 1 N–H and O–H groups in total. The molecule has 0 radical (unpaired) electrons. The molecule has 0 aliphatic rings. The second-order valence-corrected chi connectivity index (χ2v) is 7.36. The van der Waals surface area contributed by atoms with E-state index >= 15 is 0 Å². The van der Waals surface area contributed by atoms with Crippen LogP contribution in [0.2, 0.25) is 0 Å². The van der Waals surface area contributed by atoms with E-state index in [-0.39, 0.29) is 11.8 Å². The van der Waals surface area contributed by atoms with E-state index in [0.717, 1.165) is 11.4 Å². The third-order valence-corrected chi connectivity index (χ3v) is 5.14. The highest BCUT2D eigenvalue weighted by molar-refractivity contribution is 9.10. The minimum atomic E-state index is -0.572. The van der Waals surface area contributed by atoms with E-state index in [1.165, 1.54) is 0 Å². The summed E-state index contributed by atoms with van der Waals surface area (Å²) in [7, 11) is 1.73. The molecule has 2 aromatic rings. The molecule has 0 heterocycles. The fourth-order valence-electron chi connectivity index (χ4n) is 2.39. The number of anilines is 1. The van der Waals surface area contributed by atoms with E-state index < -0.39 is 6.04 Å². The second kappa shape index (κ2) is 9.63. The number of amides is 2. The predicted molar refractivity (Wildman–Crippen MR) is 108 cm³/mol. The number of thioether (sulfide) groups is 1. The van der Waals surface area contributed by atoms with Gasteiger partial charge in [-0.05, 0) is 58.6 Å². The number of likely N-dealkylation sites (N-methyl/N-ethyl adjacent to an activating group) is 1. The molecule has 0 aromatic heterocycles. The van der Waals surface area contributed by atoms with Crippen LogP contribution in [0, 0.1) is 0 Å². The highest BCUT2D eigenvalue weighted by Crippen LogP contribution is 2.17. The van der Waals surface area contributed by atoms with Crippen LogP contribution in [0.5, 0.6) is 0 Å². The lowest BCUT2D eigenvalue weighted by Gasteiger charge is -2.25. The minimum Gasteiger partial charge on any atom is -0.340 e. The van der Waals surface area contributed by atoms with Crippen molar-refractivity contribution < 1.29 is 9.59 Å². The second-order valence-electron chi connectivity index (χ2n) is 5.52. The zero-order valence-electron chi connectivity index (χ0n) is 14.2. The van der Waals surface area contributed by atoms with Gasteiger partial charge in [-0.25, -0.2) is 0 Å². The maximum atomic E-state index is 12.9. The van der Waals surface area contributed by atoms with Crippen LogP contribution in [-0.2, 0) is 4.79 Å². The molecule has 1 unspecified atom stereocenters. The predicted octanol–water partition coefficient (Wildman–Crippen LogP) is 3.96. The quantitative estimate of drug-likeness (QED) is 0.736. The van der Waals surface area contributed by atoms with Gasteiger partial charge in [-0.3, -0.25) is 9.59 Å². The summed E-state index contributed by atoms with van der Waals surface area (Å²) in [5, 5.41) is 2.89. The third-order valence-electron chi connectivity index (χ3n) is 3.81. The summed E-state index contributed by atoms with van der Waals surface area (Å²) in [6, 6.07) is 16.0. The van der Waals surface area contributed by atoms with Crippen LogP contribution in [0.1, 0.15) is 16.8 Å². The molecule has 0 spiro atoms. The Morgan fingerprint density at radius 1 is 1.12 bits per heavy atom. The summed E-state index contributed by atoms with van der Waals surface area (Å²) < 4.78 is 0.708. The standard InChI is InChI=1S/C19H21BrN2O2S/c1-22(14-8-4-3-5-9-14)19(24)17(12-13-25-2)21-18(23)15-10-6-7-11-16(15)20/h3-11,17H,12-13H2,1-2H3,(H,21,23). The van der Waals surface area contributed by atoms with Crippen molar-refractivity contribution in [3.63, 3.8) is 0 Å². The first-order valence-electron chi connectivity index (χ1n) is 7.91. The first-order valence-corrected chi connectivity index (χ1v) is 10.1. The molecule has 6 heteroatoms. The first kappa shape index (κ1) is 19.5. The van der Waals surface area contributed by atoms with Crippen molar-refractivity contribution in [3.05, 3.63) is 64.6 Å². The fraction of sp³-hybridized carbons (Fsp3) is 0.263. The maximum absolute atomic E-state index is 12.9. The maximum Gasteiger partial charge on any atom is 0.253 e. The summed E-state index contributed by atoms with van der Waals surface area (Å²) in [5.74, 6) is 0.406. The molecule has 0 aliphatic heterocycles. The van der Waals surface area contributed by atoms with Crippen LogP contribution < -0.4 is 10.2 Å². The zero-order chi connectivity index (χ0) is 18.2. The average molecular weight is 421 g/mol. The van der Waals surface area contributed by atoms with Gasteiger partial charge in [0, 0.05) is 17.2 Å². The monoisotopic (exact) mass is 420 g/mol. The Morgan fingerprint density at radius 2 is 1.76 bits per heavy atom. The first-order chi connectivity index (χ1) is 12.0. The highest BCUT2D eigenvalue weighted by atomic mass is 79.9. The fourth-order valence-corrected chi connectivity index (χ4v) is 3.32. The molecule has 2 rings (SSSR count). The number of benzene rings is 2. The smallest absolute Gasteiger partial charge is 0.253 e. The summed E-state index contributed by atoms with van der Waals surface area (Å²) in [6.45, 7) is 0. The van der Waals surface area contributed by atoms with E-state index in [2.05, 4.69) is 21.2 Å². The average Bonchev–Trinajstić information content (AvgIpc) is 2.64. The molecule has 0 fully saturated rings. The SMILES string of the molecule is CSCCC(NC(=O)c1ccccc1Br)C(=O)N(C)c1ccccc1. The summed E-state index contributed by atoms with van der Waals surface area (Å²) in [5.41, 5.74) is 1.32. The van der Waals surface area contributed by atoms with Crippen LogP contribution in [0.25, 0.3) is 0 Å². The van der Waals surface area contributed by atoms with Crippen molar-refractivity contribution in [2.75, 3.05) is 24.0 Å². The van der Waals surface area contributed by atoms with Crippen molar-refractivity contribution in [1.29, 1.82) is 0 Å². The third kappa shape index (κ3) is 5.34. The van der Waals surface area contributed by atoms with Gasteiger partial charge in [0.05, 0.1) is 5.56 Å². The molecular formula is C19H21BrN2O2S. The number of halogens is 1. The zero-order valence-corrected chi connectivity index (χ0v) is 16.6. The highest BCUT2D eigenvalue weighted by Gasteiger charge is 2.25. The summed E-state index contributed by atoms with van der Waals surface area (Å²) >= 11 is 5.03. The largest absolute Gasteiger partial charge is 0.340 e. The van der Waals surface area contributed by atoms with Crippen LogP contribution >= 0.6 is 27.7 Å². The van der Waals surface area contributed by atoms with Crippen molar-refractivity contribution in [1.82, 2.24) is 5.32 Å². The van der Waals surface area contributed by atoms with Gasteiger partial charge in [0.25, 0.3) is 5.91 Å². The van der Waals surface area contributed by atoms with Gasteiger partial charge in [-0.1, -0.05) is 30.3 Å². The van der Waals surface area contributed by atoms with Gasteiger partial charge in [-0.15, -0.1) is 0 Å². The van der Waals surface area contributed by atoms with E-state index in [0.29, 0.717) is 16.5 Å². The minimum absolute atomic E-state index is 0.124. The van der Waals surface area contributed by atoms with Gasteiger partial charge >= 0.3 is 0 Å². The Kier molecular flexibility index (Phi) is 7.52. The topological polar surface area (TPSA) is 49.4 Å². The van der Waals surface area contributed by atoms with Crippen molar-refractivity contribution in [2.24, 2.45) is 0 Å². The van der Waals surface area contributed by atoms with Crippen molar-refractivity contribution in [2.45, 2.75) is 12.5 Å². The molecule has 25 heavy (non-hydrogen) atoms. The summed E-state index contributed by atoms with van der Waals surface area (Å²) in [4.78, 5) is 27.1. The number of para-hydroxylation sites is 1. The molecule has 0 aliphatic carbocycles. The van der Waals surface area contributed by atoms with E-state index in [1.54, 1.807) is 35.8 Å². The number of hydrogen-bond donors (Lipinski definition) is 1. The lowest BCUT2D eigenvalue weighted by atomic mass is 10.1. The Hall–Kier alpha value is -1.79. The molecular weight excluding hydrogens is 400 g/mol. The van der Waals surface area contributed by atoms with Crippen molar-refractivity contribution >= 4 is 45.2 Å². The van der Waals surface area contributed by atoms with E-state index in [4.69, 9.17) is 0 Å². The number of carbonyl (C=O) groups is 2. The molecule has 2 aromatic carbocycles. The van der Waals surface area contributed by atoms with Gasteiger partial charge in [0.15, 0.2) is 0 Å². The summed E-state index contributed by atoms with van der Waals surface area (Å²) in [6.07, 6.45) is 2.56. The molecule has 4 nitrogen and oxygen atoms in total. The normalized spacial score (nSPS) is 11.6. The van der Waals surface area contributed by atoms with E-state index in [9.17, 15) is 9.59 Å². The number of nitrogens with zero attached hydrogens (tertiary/aromatic N) is 1. The Labute approximate surface area is 161 Å². The van der Waals surface area contributed by atoms with Crippen LogP contribution in [0.3, 0.4) is 0 Å². The molecule has 132 valence electrons. The molecule has 1 atom stereocenters. The number of hydrogen-bond acceptors (Lipinski definition) is 3. The molecule has 0 saturated heterocycles. The Bertz CT molecular complexity index is 724. The number of carbonyl (C=O) groups excluding carboxylic acids is 2. The Balaban J connectivity index is 2.16. The number of rotatable bonds is 7. The molecule has 0 bridgehead atoms. The van der Waals surface area contributed by atoms with Gasteiger partial charge in [0.2, 0.25) is 5.91 Å². The Morgan fingerprint density at radius 3 is 2.40 bits per heavy atom. The van der Waals surface area contributed by atoms with Crippen LogP contribution in [0.4, 0.5) is 5.69 Å². The number of nitrogens with one attached hydrogen (secondary N) is 1. The van der Waals surface area contributed by atoms with Crippen molar-refractivity contribution in [3.8, 4) is 0 Å². The van der Waals surface area contributed by atoms with Gasteiger partial charge in [-0.2, -0.15) is 11.8 Å². The molecule has 2 amide bonds. The van der Waals surface area contributed by atoms with Gasteiger partial charge < -0.3 is 10.2 Å².